The van der Waals surface area contributed by atoms with Crippen LogP contribution in [0.4, 0.5) is 0 Å². The molecule has 0 aromatic carbocycles. The second kappa shape index (κ2) is 5.27. The molecule has 0 bridgehead atoms. The Hall–Kier alpha value is -1.10. The predicted molar refractivity (Wildman–Crippen MR) is 72.0 cm³/mol. The van der Waals surface area contributed by atoms with Gasteiger partial charge in [-0.3, -0.25) is 9.59 Å². The molecule has 6 unspecified atom stereocenters. The Balaban J connectivity index is 1.16. The molecule has 3 aliphatic carbocycles. The smallest absolute Gasteiger partial charge is 0.311 e. The molecule has 5 nitrogen and oxygen atoms in total. The number of epoxide rings is 1. The van der Waals surface area contributed by atoms with Gasteiger partial charge in [-0.15, -0.1) is 0 Å². The molecule has 0 aromatic heterocycles. The minimum absolute atomic E-state index is 0.0164. The van der Waals surface area contributed by atoms with Gasteiger partial charge in [-0.1, -0.05) is 0 Å². The van der Waals surface area contributed by atoms with Gasteiger partial charge in [0.15, 0.2) is 0 Å². The Morgan fingerprint density at radius 3 is 2.24 bits per heavy atom. The molecule has 4 fully saturated rings. The quantitative estimate of drug-likeness (QED) is 0.451. The number of carbonyl (C=O) groups is 2. The number of carbonyl (C=O) groups excluding carboxylic acids is 2. The lowest BCUT2D eigenvalue weighted by Crippen LogP contribution is -2.27. The van der Waals surface area contributed by atoms with Crippen molar-refractivity contribution < 1.29 is 23.8 Å². The van der Waals surface area contributed by atoms with Crippen LogP contribution < -0.4 is 0 Å². The number of fused-ring (bicyclic) bond motifs is 2. The zero-order chi connectivity index (χ0) is 14.4. The van der Waals surface area contributed by atoms with Crippen molar-refractivity contribution in [2.75, 3.05) is 6.79 Å². The Kier molecular flexibility index (Phi) is 3.40. The monoisotopic (exact) mass is 294 g/mol. The van der Waals surface area contributed by atoms with Crippen molar-refractivity contribution in [3.63, 3.8) is 0 Å². The van der Waals surface area contributed by atoms with Crippen molar-refractivity contribution in [2.24, 2.45) is 23.7 Å². The maximum atomic E-state index is 11.9. The SMILES string of the molecule is O=C(OCOC(=O)C1CCC2OC2C1)C1CCC2CC2C1. The van der Waals surface area contributed by atoms with E-state index >= 15 is 0 Å². The van der Waals surface area contributed by atoms with Gasteiger partial charge in [-0.25, -0.2) is 0 Å². The van der Waals surface area contributed by atoms with Crippen LogP contribution in [0.2, 0.25) is 0 Å². The summed E-state index contributed by atoms with van der Waals surface area (Å²) in [6.45, 7) is -0.228. The normalized spacial score (nSPS) is 43.2. The molecule has 1 saturated heterocycles. The molecule has 0 aromatic rings. The first kappa shape index (κ1) is 13.6. The number of esters is 2. The van der Waals surface area contributed by atoms with E-state index in [-0.39, 0.29) is 36.7 Å². The molecule has 0 amide bonds. The highest BCUT2D eigenvalue weighted by atomic mass is 16.7. The molecule has 4 aliphatic rings. The van der Waals surface area contributed by atoms with E-state index in [9.17, 15) is 9.59 Å². The number of ether oxygens (including phenoxy) is 3. The highest BCUT2D eigenvalue weighted by Gasteiger charge is 2.46. The first-order valence-electron chi connectivity index (χ1n) is 8.19. The zero-order valence-electron chi connectivity index (χ0n) is 12.2. The largest absolute Gasteiger partial charge is 0.428 e. The van der Waals surface area contributed by atoms with Gasteiger partial charge in [-0.2, -0.15) is 0 Å². The van der Waals surface area contributed by atoms with Crippen molar-refractivity contribution >= 4 is 11.9 Å². The van der Waals surface area contributed by atoms with E-state index in [1.54, 1.807) is 0 Å². The van der Waals surface area contributed by atoms with Crippen LogP contribution in [0, 0.1) is 23.7 Å². The van der Waals surface area contributed by atoms with Crippen LogP contribution in [0.1, 0.15) is 44.9 Å². The Bertz CT molecular complexity index is 408. The summed E-state index contributed by atoms with van der Waals surface area (Å²) in [6.07, 6.45) is 7.46. The molecule has 6 atom stereocenters. The number of hydrogen-bond acceptors (Lipinski definition) is 5. The summed E-state index contributed by atoms with van der Waals surface area (Å²) in [5.41, 5.74) is 0. The van der Waals surface area contributed by atoms with Crippen molar-refractivity contribution in [3.8, 4) is 0 Å². The highest BCUT2D eigenvalue weighted by Crippen LogP contribution is 2.51. The molecule has 1 aliphatic heterocycles. The molecule has 116 valence electrons. The molecule has 0 radical (unpaired) electrons. The van der Waals surface area contributed by atoms with Crippen LogP contribution in [0.5, 0.6) is 0 Å². The molecule has 0 spiro atoms. The van der Waals surface area contributed by atoms with Gasteiger partial charge in [0, 0.05) is 0 Å². The summed E-state index contributed by atoms with van der Waals surface area (Å²) in [7, 11) is 0. The molecular formula is C16H22O5. The maximum absolute atomic E-state index is 11.9. The van der Waals surface area contributed by atoms with Crippen LogP contribution in [0.3, 0.4) is 0 Å². The van der Waals surface area contributed by atoms with Crippen molar-refractivity contribution in [1.82, 2.24) is 0 Å². The predicted octanol–water partition coefficient (Wildman–Crippen LogP) is 2.03. The van der Waals surface area contributed by atoms with Gasteiger partial charge >= 0.3 is 11.9 Å². The van der Waals surface area contributed by atoms with Gasteiger partial charge < -0.3 is 14.2 Å². The first-order chi connectivity index (χ1) is 10.2. The van der Waals surface area contributed by atoms with Crippen LogP contribution in [-0.2, 0) is 23.8 Å². The number of hydrogen-bond donors (Lipinski definition) is 0. The van der Waals surface area contributed by atoms with Gasteiger partial charge in [0.2, 0.25) is 6.79 Å². The first-order valence-corrected chi connectivity index (χ1v) is 8.19. The lowest BCUT2D eigenvalue weighted by molar-refractivity contribution is -0.174. The fourth-order valence-electron chi connectivity index (χ4n) is 4.06. The lowest BCUT2D eigenvalue weighted by Gasteiger charge is -2.20. The third-order valence-electron chi connectivity index (χ3n) is 5.62. The third-order valence-corrected chi connectivity index (χ3v) is 5.62. The van der Waals surface area contributed by atoms with Gasteiger partial charge in [0.05, 0.1) is 24.0 Å². The topological polar surface area (TPSA) is 65.1 Å². The van der Waals surface area contributed by atoms with E-state index < -0.39 is 0 Å². The van der Waals surface area contributed by atoms with E-state index in [0.29, 0.717) is 6.10 Å². The standard InChI is InChI=1S/C16H22O5/c17-15(10-2-1-9-5-12(9)6-10)19-8-20-16(18)11-3-4-13-14(7-11)21-13/h9-14H,1-8H2. The number of rotatable bonds is 4. The van der Waals surface area contributed by atoms with Crippen molar-refractivity contribution in [2.45, 2.75) is 57.2 Å². The van der Waals surface area contributed by atoms with E-state index in [2.05, 4.69) is 0 Å². The van der Waals surface area contributed by atoms with E-state index in [1.807, 2.05) is 0 Å². The molecule has 0 N–H and O–H groups in total. The molecule has 4 rings (SSSR count). The molecule has 21 heavy (non-hydrogen) atoms. The summed E-state index contributed by atoms with van der Waals surface area (Å²) in [5.74, 6) is 1.10. The molecule has 1 heterocycles. The fourth-order valence-corrected chi connectivity index (χ4v) is 4.06. The summed E-state index contributed by atoms with van der Waals surface area (Å²) < 4.78 is 15.6. The molecular weight excluding hydrogens is 272 g/mol. The Morgan fingerprint density at radius 2 is 1.52 bits per heavy atom. The second-order valence-electron chi connectivity index (χ2n) is 7.03. The summed E-state index contributed by atoms with van der Waals surface area (Å²) in [6, 6.07) is 0. The van der Waals surface area contributed by atoms with E-state index in [0.717, 1.165) is 50.4 Å². The minimum atomic E-state index is -0.248. The van der Waals surface area contributed by atoms with Gasteiger partial charge in [-0.05, 0) is 56.8 Å². The van der Waals surface area contributed by atoms with Crippen LogP contribution in [-0.4, -0.2) is 30.9 Å². The van der Waals surface area contributed by atoms with Crippen LogP contribution in [0.15, 0.2) is 0 Å². The van der Waals surface area contributed by atoms with Crippen LogP contribution in [0.25, 0.3) is 0 Å². The van der Waals surface area contributed by atoms with Gasteiger partial charge in [0.25, 0.3) is 0 Å². The maximum Gasteiger partial charge on any atom is 0.311 e. The Morgan fingerprint density at radius 1 is 0.810 bits per heavy atom. The third kappa shape index (κ3) is 2.93. The second-order valence-corrected chi connectivity index (χ2v) is 7.03. The average molecular weight is 294 g/mol. The van der Waals surface area contributed by atoms with Crippen LogP contribution >= 0.6 is 0 Å². The average Bonchev–Trinajstić information content (AvgIpc) is 3.38. The minimum Gasteiger partial charge on any atom is -0.428 e. The summed E-state index contributed by atoms with van der Waals surface area (Å²) >= 11 is 0. The fraction of sp³-hybridized carbons (Fsp3) is 0.875. The van der Waals surface area contributed by atoms with Crippen molar-refractivity contribution in [1.29, 1.82) is 0 Å². The Labute approximate surface area is 124 Å². The molecule has 5 heteroatoms. The van der Waals surface area contributed by atoms with Gasteiger partial charge in [0.1, 0.15) is 0 Å². The molecule has 3 saturated carbocycles. The zero-order valence-corrected chi connectivity index (χ0v) is 12.2. The van der Waals surface area contributed by atoms with E-state index in [1.165, 1.54) is 6.42 Å². The van der Waals surface area contributed by atoms with E-state index in [4.69, 9.17) is 14.2 Å². The summed E-state index contributed by atoms with van der Waals surface area (Å²) in [4.78, 5) is 23.9. The highest BCUT2D eigenvalue weighted by molar-refractivity contribution is 5.74. The summed E-state index contributed by atoms with van der Waals surface area (Å²) in [5, 5.41) is 0. The lowest BCUT2D eigenvalue weighted by atomic mass is 9.89. The van der Waals surface area contributed by atoms with Crippen molar-refractivity contribution in [3.05, 3.63) is 0 Å².